The smallest absolute Gasteiger partial charge is 0.394 e. The number of hydrogen-bond donors (Lipinski definition) is 2. The van der Waals surface area contributed by atoms with Crippen LogP contribution in [0.25, 0.3) is 0 Å². The van der Waals surface area contributed by atoms with Gasteiger partial charge in [0.2, 0.25) is 0 Å². The molecule has 0 atom stereocenters. The first-order valence-corrected chi connectivity index (χ1v) is 4.61. The van der Waals surface area contributed by atoms with Crippen molar-refractivity contribution in [3.63, 3.8) is 0 Å². The molecule has 0 unspecified atom stereocenters. The Bertz CT molecular complexity index is 443. The second kappa shape index (κ2) is 4.09. The molecule has 1 aromatic rings. The molecule has 1 aliphatic heterocycles. The standard InChI is InChI=1S/C10H9NO5/c12-9(10(13)14)11-6-1-2-7-8(5-6)16-4-3-15-7/h1-2,5H,3-4H2,(H,11,12)(H,13,14). The zero-order chi connectivity index (χ0) is 11.5. The Labute approximate surface area is 90.8 Å². The zero-order valence-corrected chi connectivity index (χ0v) is 8.23. The first kappa shape index (κ1) is 10.3. The molecule has 0 bridgehead atoms. The lowest BCUT2D eigenvalue weighted by molar-refractivity contribution is -0.147. The van der Waals surface area contributed by atoms with Crippen molar-refractivity contribution >= 4 is 17.6 Å². The molecule has 1 amide bonds. The minimum absolute atomic E-state index is 0.358. The number of ether oxygens (including phenoxy) is 2. The molecule has 6 nitrogen and oxygen atoms in total. The van der Waals surface area contributed by atoms with Gasteiger partial charge >= 0.3 is 11.9 Å². The summed E-state index contributed by atoms with van der Waals surface area (Å²) in [6.45, 7) is 0.914. The molecule has 1 heterocycles. The summed E-state index contributed by atoms with van der Waals surface area (Å²) in [5.74, 6) is -1.54. The third kappa shape index (κ3) is 2.05. The van der Waals surface area contributed by atoms with Gasteiger partial charge in [0.15, 0.2) is 11.5 Å². The fourth-order valence-electron chi connectivity index (χ4n) is 1.31. The maximum absolute atomic E-state index is 10.9. The van der Waals surface area contributed by atoms with Crippen molar-refractivity contribution in [1.29, 1.82) is 0 Å². The van der Waals surface area contributed by atoms with Gasteiger partial charge in [-0.25, -0.2) is 4.79 Å². The first-order chi connectivity index (χ1) is 7.66. The highest BCUT2D eigenvalue weighted by Gasteiger charge is 2.15. The maximum Gasteiger partial charge on any atom is 0.394 e. The van der Waals surface area contributed by atoms with Crippen LogP contribution in [0.4, 0.5) is 5.69 Å². The van der Waals surface area contributed by atoms with Gasteiger partial charge in [0.1, 0.15) is 13.2 Å². The van der Waals surface area contributed by atoms with Crippen LogP contribution in [0.1, 0.15) is 0 Å². The number of amides is 1. The van der Waals surface area contributed by atoms with Crippen LogP contribution < -0.4 is 14.8 Å². The molecule has 1 aromatic carbocycles. The topological polar surface area (TPSA) is 84.9 Å². The summed E-state index contributed by atoms with van der Waals surface area (Å²) in [5.41, 5.74) is 0.358. The third-order valence-electron chi connectivity index (χ3n) is 1.99. The van der Waals surface area contributed by atoms with E-state index < -0.39 is 11.9 Å². The van der Waals surface area contributed by atoms with Gasteiger partial charge < -0.3 is 19.9 Å². The third-order valence-corrected chi connectivity index (χ3v) is 1.99. The summed E-state index contributed by atoms with van der Waals surface area (Å²) < 4.78 is 10.6. The van der Waals surface area contributed by atoms with Crippen LogP contribution in [0.15, 0.2) is 18.2 Å². The van der Waals surface area contributed by atoms with Gasteiger partial charge in [-0.15, -0.1) is 0 Å². The van der Waals surface area contributed by atoms with E-state index >= 15 is 0 Å². The highest BCUT2D eigenvalue weighted by Crippen LogP contribution is 2.32. The van der Waals surface area contributed by atoms with Crippen LogP contribution in [0.3, 0.4) is 0 Å². The molecular formula is C10H9NO5. The molecule has 0 fully saturated rings. The monoisotopic (exact) mass is 223 g/mol. The van der Waals surface area contributed by atoms with Crippen LogP contribution in [-0.2, 0) is 9.59 Å². The lowest BCUT2D eigenvalue weighted by Crippen LogP contribution is -2.22. The Hall–Kier alpha value is -2.24. The number of nitrogens with one attached hydrogen (secondary N) is 1. The molecule has 2 rings (SSSR count). The number of fused-ring (bicyclic) bond motifs is 1. The van der Waals surface area contributed by atoms with E-state index in [1.165, 1.54) is 6.07 Å². The largest absolute Gasteiger partial charge is 0.486 e. The Balaban J connectivity index is 2.17. The maximum atomic E-state index is 10.9. The van der Waals surface area contributed by atoms with Gasteiger partial charge in [0, 0.05) is 11.8 Å². The predicted molar refractivity (Wildman–Crippen MR) is 53.7 cm³/mol. The van der Waals surface area contributed by atoms with Gasteiger partial charge in [-0.3, -0.25) is 4.79 Å². The minimum Gasteiger partial charge on any atom is -0.486 e. The highest BCUT2D eigenvalue weighted by molar-refractivity contribution is 6.36. The van der Waals surface area contributed by atoms with Crippen LogP contribution in [0.2, 0.25) is 0 Å². The van der Waals surface area contributed by atoms with Crippen molar-refractivity contribution in [2.45, 2.75) is 0 Å². The van der Waals surface area contributed by atoms with E-state index in [0.29, 0.717) is 30.4 Å². The summed E-state index contributed by atoms with van der Waals surface area (Å²) in [5, 5.41) is 10.6. The van der Waals surface area contributed by atoms with Crippen molar-refractivity contribution < 1.29 is 24.2 Å². The number of carbonyl (C=O) groups excluding carboxylic acids is 1. The van der Waals surface area contributed by atoms with E-state index in [9.17, 15) is 9.59 Å². The van der Waals surface area contributed by atoms with Crippen LogP contribution in [0.5, 0.6) is 11.5 Å². The molecule has 0 radical (unpaired) electrons. The Kier molecular flexibility index (Phi) is 2.63. The van der Waals surface area contributed by atoms with Crippen molar-refractivity contribution in [2.75, 3.05) is 18.5 Å². The minimum atomic E-state index is -1.53. The normalized spacial score (nSPS) is 13.0. The van der Waals surface area contributed by atoms with Crippen molar-refractivity contribution in [1.82, 2.24) is 0 Å². The van der Waals surface area contributed by atoms with Gasteiger partial charge in [-0.05, 0) is 12.1 Å². The molecule has 1 aliphatic rings. The summed E-state index contributed by atoms with van der Waals surface area (Å²) in [7, 11) is 0. The quantitative estimate of drug-likeness (QED) is 0.676. The van der Waals surface area contributed by atoms with Gasteiger partial charge in [0.25, 0.3) is 0 Å². The van der Waals surface area contributed by atoms with E-state index in [1.807, 2.05) is 0 Å². The number of aliphatic carboxylic acids is 1. The number of carbonyl (C=O) groups is 2. The van der Waals surface area contributed by atoms with E-state index in [0.717, 1.165) is 0 Å². The van der Waals surface area contributed by atoms with Crippen molar-refractivity contribution in [2.24, 2.45) is 0 Å². The van der Waals surface area contributed by atoms with Crippen molar-refractivity contribution in [3.8, 4) is 11.5 Å². The predicted octanol–water partition coefficient (Wildman–Crippen LogP) is 0.481. The molecule has 0 aromatic heterocycles. The number of carboxylic acids is 1. The number of benzene rings is 1. The highest BCUT2D eigenvalue weighted by atomic mass is 16.6. The molecular weight excluding hydrogens is 214 g/mol. The fourth-order valence-corrected chi connectivity index (χ4v) is 1.31. The van der Waals surface area contributed by atoms with Crippen molar-refractivity contribution in [3.05, 3.63) is 18.2 Å². The average Bonchev–Trinajstić information content (AvgIpc) is 2.28. The van der Waals surface area contributed by atoms with Gasteiger partial charge in [-0.1, -0.05) is 0 Å². The first-order valence-electron chi connectivity index (χ1n) is 4.61. The van der Waals surface area contributed by atoms with E-state index in [2.05, 4.69) is 5.32 Å². The molecule has 0 spiro atoms. The molecule has 84 valence electrons. The molecule has 16 heavy (non-hydrogen) atoms. The average molecular weight is 223 g/mol. The lowest BCUT2D eigenvalue weighted by atomic mass is 10.2. The zero-order valence-electron chi connectivity index (χ0n) is 8.23. The van der Waals surface area contributed by atoms with E-state index in [-0.39, 0.29) is 0 Å². The second-order valence-electron chi connectivity index (χ2n) is 3.12. The molecule has 6 heteroatoms. The fraction of sp³-hybridized carbons (Fsp3) is 0.200. The Morgan fingerprint density at radius 2 is 1.88 bits per heavy atom. The van der Waals surface area contributed by atoms with E-state index in [4.69, 9.17) is 14.6 Å². The molecule has 0 saturated heterocycles. The SMILES string of the molecule is O=C(O)C(=O)Nc1ccc2c(c1)OCCO2. The Morgan fingerprint density at radius 1 is 1.19 bits per heavy atom. The molecule has 0 saturated carbocycles. The second-order valence-corrected chi connectivity index (χ2v) is 3.12. The molecule has 0 aliphatic carbocycles. The molecule has 2 N–H and O–H groups in total. The van der Waals surface area contributed by atoms with Crippen LogP contribution >= 0.6 is 0 Å². The number of rotatable bonds is 1. The Morgan fingerprint density at radius 3 is 2.56 bits per heavy atom. The summed E-state index contributed by atoms with van der Waals surface area (Å²) in [4.78, 5) is 21.2. The summed E-state index contributed by atoms with van der Waals surface area (Å²) in [6, 6.07) is 4.69. The number of hydrogen-bond acceptors (Lipinski definition) is 4. The van der Waals surface area contributed by atoms with Crippen LogP contribution in [-0.4, -0.2) is 30.2 Å². The summed E-state index contributed by atoms with van der Waals surface area (Å²) >= 11 is 0. The van der Waals surface area contributed by atoms with Crippen LogP contribution in [0, 0.1) is 0 Å². The van der Waals surface area contributed by atoms with Gasteiger partial charge in [-0.2, -0.15) is 0 Å². The van der Waals surface area contributed by atoms with E-state index in [1.54, 1.807) is 12.1 Å². The van der Waals surface area contributed by atoms with Gasteiger partial charge in [0.05, 0.1) is 0 Å². The number of carboxylic acid groups (broad SMARTS) is 1. The summed E-state index contributed by atoms with van der Waals surface area (Å²) in [6.07, 6.45) is 0. The number of anilines is 1. The lowest BCUT2D eigenvalue weighted by Gasteiger charge is -2.18.